The minimum Gasteiger partial charge on any atom is -0.317 e. The fourth-order valence-corrected chi connectivity index (χ4v) is 4.12. The Morgan fingerprint density at radius 2 is 1.84 bits per heavy atom. The fraction of sp³-hybridized carbons (Fsp3) is 1.00. The molecule has 2 rings (SSSR count). The second-order valence-electron chi connectivity index (χ2n) is 5.74. The fourth-order valence-electron chi connectivity index (χ4n) is 2.93. The van der Waals surface area contributed by atoms with Crippen molar-refractivity contribution in [2.24, 2.45) is 5.92 Å². The summed E-state index contributed by atoms with van der Waals surface area (Å²) in [5.74, 6) is 0.869. The Bertz CT molecular complexity index is 347. The molecular formula is C13H27N3O2S. The molecule has 2 aliphatic rings. The van der Waals surface area contributed by atoms with E-state index in [0.29, 0.717) is 12.5 Å². The van der Waals surface area contributed by atoms with Gasteiger partial charge < -0.3 is 10.2 Å². The van der Waals surface area contributed by atoms with Gasteiger partial charge in [-0.2, -0.15) is 0 Å². The third-order valence-corrected chi connectivity index (χ3v) is 5.62. The van der Waals surface area contributed by atoms with Gasteiger partial charge in [0.05, 0.1) is 5.75 Å². The molecule has 0 bridgehead atoms. The number of nitrogens with zero attached hydrogens (tertiary/aromatic N) is 1. The first-order valence-electron chi connectivity index (χ1n) is 7.56. The monoisotopic (exact) mass is 289 g/mol. The highest BCUT2D eigenvalue weighted by Crippen LogP contribution is 2.16. The van der Waals surface area contributed by atoms with E-state index in [-0.39, 0.29) is 5.75 Å². The summed E-state index contributed by atoms with van der Waals surface area (Å²) in [5, 5.41) is 3.31. The number of nitrogens with one attached hydrogen (secondary N) is 2. The van der Waals surface area contributed by atoms with Gasteiger partial charge in [-0.25, -0.2) is 13.1 Å². The minimum atomic E-state index is -3.07. The summed E-state index contributed by atoms with van der Waals surface area (Å²) in [4.78, 5) is 2.33. The second kappa shape index (κ2) is 7.57. The number of likely N-dealkylation sites (tertiary alicyclic amines) is 1. The van der Waals surface area contributed by atoms with Crippen LogP contribution in [0, 0.1) is 5.92 Å². The predicted molar refractivity (Wildman–Crippen MR) is 77.7 cm³/mol. The zero-order valence-electron chi connectivity index (χ0n) is 11.7. The van der Waals surface area contributed by atoms with Gasteiger partial charge in [0, 0.05) is 13.1 Å². The van der Waals surface area contributed by atoms with E-state index in [4.69, 9.17) is 0 Å². The molecule has 0 aromatic carbocycles. The molecule has 2 saturated heterocycles. The van der Waals surface area contributed by atoms with Crippen molar-refractivity contribution >= 4 is 10.0 Å². The molecule has 0 atom stereocenters. The van der Waals surface area contributed by atoms with Gasteiger partial charge in [0.1, 0.15) is 0 Å². The third kappa shape index (κ3) is 5.77. The molecule has 0 saturated carbocycles. The number of sulfonamides is 1. The maximum Gasteiger partial charge on any atom is 0.211 e. The lowest BCUT2D eigenvalue weighted by molar-refractivity contribution is 0.343. The van der Waals surface area contributed by atoms with Crippen LogP contribution in [-0.2, 0) is 10.0 Å². The van der Waals surface area contributed by atoms with Crippen LogP contribution in [0.25, 0.3) is 0 Å². The van der Waals surface area contributed by atoms with E-state index in [1.165, 1.54) is 12.8 Å². The predicted octanol–water partition coefficient (Wildman–Crippen LogP) is 0.391. The molecule has 2 fully saturated rings. The van der Waals surface area contributed by atoms with Gasteiger partial charge >= 0.3 is 0 Å². The van der Waals surface area contributed by atoms with Gasteiger partial charge in [0.2, 0.25) is 10.0 Å². The number of hydrogen-bond donors (Lipinski definition) is 2. The molecule has 112 valence electrons. The standard InChI is InChI=1S/C13H27N3O2S/c17-19(18,12-5-13-3-6-14-7-4-13)15-8-11-16-9-1-2-10-16/h13-15H,1-12H2. The van der Waals surface area contributed by atoms with Crippen molar-refractivity contribution in [2.75, 3.05) is 45.0 Å². The van der Waals surface area contributed by atoms with E-state index in [0.717, 1.165) is 52.0 Å². The van der Waals surface area contributed by atoms with Gasteiger partial charge in [0.15, 0.2) is 0 Å². The maximum absolute atomic E-state index is 11.9. The lowest BCUT2D eigenvalue weighted by atomic mass is 9.96. The highest BCUT2D eigenvalue weighted by molar-refractivity contribution is 7.89. The molecular weight excluding hydrogens is 262 g/mol. The van der Waals surface area contributed by atoms with Crippen molar-refractivity contribution in [1.29, 1.82) is 0 Å². The van der Waals surface area contributed by atoms with Gasteiger partial charge in [-0.3, -0.25) is 0 Å². The summed E-state index contributed by atoms with van der Waals surface area (Å²) < 4.78 is 26.5. The Morgan fingerprint density at radius 3 is 2.53 bits per heavy atom. The Balaban J connectivity index is 1.60. The molecule has 6 heteroatoms. The van der Waals surface area contributed by atoms with Crippen LogP contribution in [0.4, 0.5) is 0 Å². The normalized spacial score (nSPS) is 22.9. The first-order chi connectivity index (χ1) is 9.16. The van der Waals surface area contributed by atoms with Crippen molar-refractivity contribution in [3.05, 3.63) is 0 Å². The average molecular weight is 289 g/mol. The van der Waals surface area contributed by atoms with E-state index in [9.17, 15) is 8.42 Å². The Hall–Kier alpha value is -0.170. The van der Waals surface area contributed by atoms with E-state index in [2.05, 4.69) is 14.9 Å². The van der Waals surface area contributed by atoms with Crippen LogP contribution < -0.4 is 10.0 Å². The van der Waals surface area contributed by atoms with Gasteiger partial charge in [-0.05, 0) is 64.2 Å². The highest BCUT2D eigenvalue weighted by Gasteiger charge is 2.18. The van der Waals surface area contributed by atoms with Crippen LogP contribution in [-0.4, -0.2) is 58.3 Å². The topological polar surface area (TPSA) is 61.4 Å². The van der Waals surface area contributed by atoms with E-state index in [1.807, 2.05) is 0 Å². The minimum absolute atomic E-state index is 0.289. The molecule has 0 aromatic heterocycles. The number of piperidine rings is 1. The Morgan fingerprint density at radius 1 is 1.16 bits per heavy atom. The van der Waals surface area contributed by atoms with Crippen molar-refractivity contribution in [3.63, 3.8) is 0 Å². The maximum atomic E-state index is 11.9. The molecule has 0 aliphatic carbocycles. The van der Waals surface area contributed by atoms with Crippen molar-refractivity contribution < 1.29 is 8.42 Å². The zero-order valence-corrected chi connectivity index (χ0v) is 12.6. The number of rotatable bonds is 7. The highest BCUT2D eigenvalue weighted by atomic mass is 32.2. The Labute approximate surface area is 117 Å². The summed E-state index contributed by atoms with van der Waals surface area (Å²) >= 11 is 0. The zero-order chi connectivity index (χ0) is 13.6. The van der Waals surface area contributed by atoms with Crippen LogP contribution in [0.5, 0.6) is 0 Å². The summed E-state index contributed by atoms with van der Waals surface area (Å²) in [6.45, 7) is 5.73. The molecule has 2 heterocycles. The smallest absolute Gasteiger partial charge is 0.211 e. The Kier molecular flexibility index (Phi) is 6.06. The van der Waals surface area contributed by atoms with E-state index < -0.39 is 10.0 Å². The molecule has 2 N–H and O–H groups in total. The second-order valence-corrected chi connectivity index (χ2v) is 7.67. The molecule has 5 nitrogen and oxygen atoms in total. The van der Waals surface area contributed by atoms with Gasteiger partial charge in [0.25, 0.3) is 0 Å². The summed E-state index contributed by atoms with van der Waals surface area (Å²) in [7, 11) is -3.07. The van der Waals surface area contributed by atoms with Crippen molar-refractivity contribution in [3.8, 4) is 0 Å². The third-order valence-electron chi connectivity index (χ3n) is 4.20. The van der Waals surface area contributed by atoms with E-state index in [1.54, 1.807) is 0 Å². The molecule has 0 spiro atoms. The van der Waals surface area contributed by atoms with Crippen LogP contribution in [0.2, 0.25) is 0 Å². The molecule has 19 heavy (non-hydrogen) atoms. The number of hydrogen-bond acceptors (Lipinski definition) is 4. The lowest BCUT2D eigenvalue weighted by Crippen LogP contribution is -2.35. The van der Waals surface area contributed by atoms with Gasteiger partial charge in [-0.15, -0.1) is 0 Å². The molecule has 0 radical (unpaired) electrons. The molecule has 2 aliphatic heterocycles. The summed E-state index contributed by atoms with van der Waals surface area (Å²) in [6.07, 6.45) is 5.54. The quantitative estimate of drug-likeness (QED) is 0.712. The average Bonchev–Trinajstić information content (AvgIpc) is 2.91. The van der Waals surface area contributed by atoms with Crippen LogP contribution in [0.1, 0.15) is 32.1 Å². The van der Waals surface area contributed by atoms with Crippen LogP contribution in [0.15, 0.2) is 0 Å². The summed E-state index contributed by atoms with van der Waals surface area (Å²) in [5.41, 5.74) is 0. The van der Waals surface area contributed by atoms with Crippen molar-refractivity contribution in [2.45, 2.75) is 32.1 Å². The van der Waals surface area contributed by atoms with E-state index >= 15 is 0 Å². The van der Waals surface area contributed by atoms with Crippen LogP contribution in [0.3, 0.4) is 0 Å². The van der Waals surface area contributed by atoms with Crippen LogP contribution >= 0.6 is 0 Å². The molecule has 0 unspecified atom stereocenters. The SMILES string of the molecule is O=S(=O)(CCC1CCNCC1)NCCN1CCCC1. The largest absolute Gasteiger partial charge is 0.317 e. The molecule has 0 aromatic rings. The first kappa shape index (κ1) is 15.2. The first-order valence-corrected chi connectivity index (χ1v) is 9.21. The molecule has 0 amide bonds. The van der Waals surface area contributed by atoms with Gasteiger partial charge in [-0.1, -0.05) is 0 Å². The van der Waals surface area contributed by atoms with Crippen molar-refractivity contribution in [1.82, 2.24) is 14.9 Å². The lowest BCUT2D eigenvalue weighted by Gasteiger charge is -2.22. The summed E-state index contributed by atoms with van der Waals surface area (Å²) in [6, 6.07) is 0.